The number of hydrogen-bond donors (Lipinski definition) is 1. The Labute approximate surface area is 157 Å². The van der Waals surface area contributed by atoms with E-state index >= 15 is 0 Å². The van der Waals surface area contributed by atoms with Crippen molar-refractivity contribution in [2.24, 2.45) is 0 Å². The van der Waals surface area contributed by atoms with Crippen LogP contribution in [0.2, 0.25) is 0 Å². The molecule has 1 aliphatic heterocycles. The van der Waals surface area contributed by atoms with Crippen molar-refractivity contribution in [3.05, 3.63) is 34.4 Å². The van der Waals surface area contributed by atoms with E-state index in [1.165, 1.54) is 6.07 Å². The van der Waals surface area contributed by atoms with Crippen LogP contribution in [0.25, 0.3) is 0 Å². The summed E-state index contributed by atoms with van der Waals surface area (Å²) in [6.07, 6.45) is 0.477. The number of para-hydroxylation sites is 2. The lowest BCUT2D eigenvalue weighted by Crippen LogP contribution is -2.49. The van der Waals surface area contributed by atoms with E-state index in [1.54, 1.807) is 23.1 Å². The summed E-state index contributed by atoms with van der Waals surface area (Å²) in [5.41, 5.74) is 0.390. The SMILES string of the molecule is C[C@H]1CN(C(=O)COC(=O)CCCNc2ccccc2[N+](=O)[O-])C[C@H](C)O1. The molecule has 1 N–H and O–H groups in total. The Balaban J connectivity index is 1.67. The van der Waals surface area contributed by atoms with Crippen molar-refractivity contribution in [1.29, 1.82) is 0 Å². The highest BCUT2D eigenvalue weighted by atomic mass is 16.6. The number of morpholine rings is 1. The van der Waals surface area contributed by atoms with E-state index in [-0.39, 0.29) is 36.8 Å². The normalized spacial score (nSPS) is 19.4. The zero-order chi connectivity index (χ0) is 19.8. The molecule has 148 valence electrons. The highest BCUT2D eigenvalue weighted by Gasteiger charge is 2.26. The van der Waals surface area contributed by atoms with Gasteiger partial charge in [0, 0.05) is 32.1 Å². The van der Waals surface area contributed by atoms with E-state index in [0.717, 1.165) is 0 Å². The number of esters is 1. The predicted octanol–water partition coefficient (Wildman–Crippen LogP) is 1.97. The molecule has 0 aliphatic carbocycles. The van der Waals surface area contributed by atoms with Crippen LogP contribution in [0.1, 0.15) is 26.7 Å². The molecule has 2 atom stereocenters. The van der Waals surface area contributed by atoms with Crippen LogP contribution in [0.15, 0.2) is 24.3 Å². The van der Waals surface area contributed by atoms with Gasteiger partial charge in [-0.25, -0.2) is 0 Å². The Morgan fingerprint density at radius 2 is 1.96 bits per heavy atom. The van der Waals surface area contributed by atoms with Crippen molar-refractivity contribution in [2.45, 2.75) is 38.9 Å². The van der Waals surface area contributed by atoms with Gasteiger partial charge in [-0.05, 0) is 26.3 Å². The second-order valence-electron chi connectivity index (χ2n) is 6.52. The molecular formula is C18H25N3O6. The minimum atomic E-state index is -0.470. The molecule has 1 heterocycles. The molecule has 9 nitrogen and oxygen atoms in total. The number of rotatable bonds is 8. The Hall–Kier alpha value is -2.68. The van der Waals surface area contributed by atoms with Crippen molar-refractivity contribution in [2.75, 3.05) is 31.6 Å². The smallest absolute Gasteiger partial charge is 0.306 e. The Kier molecular flexibility index (Phi) is 7.54. The van der Waals surface area contributed by atoms with Gasteiger partial charge in [0.05, 0.1) is 17.1 Å². The van der Waals surface area contributed by atoms with Gasteiger partial charge in [0.1, 0.15) is 5.69 Å². The third-order valence-electron chi connectivity index (χ3n) is 4.10. The number of anilines is 1. The van der Waals surface area contributed by atoms with Gasteiger partial charge in [-0.1, -0.05) is 12.1 Å². The molecule has 0 saturated carbocycles. The van der Waals surface area contributed by atoms with Crippen molar-refractivity contribution in [1.82, 2.24) is 4.90 Å². The lowest BCUT2D eigenvalue weighted by atomic mass is 10.2. The molecule has 0 bridgehead atoms. The zero-order valence-corrected chi connectivity index (χ0v) is 15.6. The van der Waals surface area contributed by atoms with Crippen LogP contribution in [0.3, 0.4) is 0 Å². The molecule has 2 rings (SSSR count). The summed E-state index contributed by atoms with van der Waals surface area (Å²) < 4.78 is 10.6. The molecule has 0 aromatic heterocycles. The van der Waals surface area contributed by atoms with Gasteiger partial charge in [0.15, 0.2) is 6.61 Å². The number of nitrogens with zero attached hydrogens (tertiary/aromatic N) is 2. The summed E-state index contributed by atoms with van der Waals surface area (Å²) in [7, 11) is 0. The van der Waals surface area contributed by atoms with Crippen LogP contribution in [0.5, 0.6) is 0 Å². The average molecular weight is 379 g/mol. The minimum Gasteiger partial charge on any atom is -0.456 e. The van der Waals surface area contributed by atoms with E-state index in [2.05, 4.69) is 5.32 Å². The van der Waals surface area contributed by atoms with Crippen LogP contribution in [-0.4, -0.2) is 60.1 Å². The second kappa shape index (κ2) is 9.86. The third kappa shape index (κ3) is 6.52. The van der Waals surface area contributed by atoms with Crippen LogP contribution in [-0.2, 0) is 19.1 Å². The van der Waals surface area contributed by atoms with Gasteiger partial charge in [-0.15, -0.1) is 0 Å². The van der Waals surface area contributed by atoms with E-state index in [9.17, 15) is 19.7 Å². The van der Waals surface area contributed by atoms with Gasteiger partial charge in [0.25, 0.3) is 11.6 Å². The number of nitro benzene ring substituents is 1. The lowest BCUT2D eigenvalue weighted by molar-refractivity contribution is -0.384. The number of nitrogens with one attached hydrogen (secondary N) is 1. The Morgan fingerprint density at radius 3 is 2.63 bits per heavy atom. The largest absolute Gasteiger partial charge is 0.456 e. The number of nitro groups is 1. The maximum atomic E-state index is 12.1. The van der Waals surface area contributed by atoms with E-state index in [1.807, 2.05) is 13.8 Å². The molecule has 1 saturated heterocycles. The monoisotopic (exact) mass is 379 g/mol. The fraction of sp³-hybridized carbons (Fsp3) is 0.556. The van der Waals surface area contributed by atoms with Crippen molar-refractivity contribution in [3.63, 3.8) is 0 Å². The summed E-state index contributed by atoms with van der Waals surface area (Å²) in [4.78, 5) is 36.0. The van der Waals surface area contributed by atoms with Gasteiger partial charge in [-0.2, -0.15) is 0 Å². The number of carbonyl (C=O) groups is 2. The van der Waals surface area contributed by atoms with Gasteiger partial charge >= 0.3 is 5.97 Å². The van der Waals surface area contributed by atoms with Gasteiger partial charge < -0.3 is 19.7 Å². The third-order valence-corrected chi connectivity index (χ3v) is 4.10. The number of ether oxygens (including phenoxy) is 2. The number of hydrogen-bond acceptors (Lipinski definition) is 7. The summed E-state index contributed by atoms with van der Waals surface area (Å²) in [5, 5.41) is 13.9. The summed E-state index contributed by atoms with van der Waals surface area (Å²) in [5.74, 6) is -0.703. The van der Waals surface area contributed by atoms with Crippen molar-refractivity contribution < 1.29 is 24.0 Å². The number of amides is 1. The van der Waals surface area contributed by atoms with Crippen LogP contribution < -0.4 is 5.32 Å². The first kappa shape index (κ1) is 20.6. The second-order valence-corrected chi connectivity index (χ2v) is 6.52. The first-order valence-corrected chi connectivity index (χ1v) is 8.93. The standard InChI is InChI=1S/C18H25N3O6/c1-13-10-20(11-14(2)27-13)17(22)12-26-18(23)8-5-9-19-15-6-3-4-7-16(15)21(24)25/h3-4,6-7,13-14,19H,5,8-12H2,1-2H3/t13-,14-/m0/s1. The highest BCUT2D eigenvalue weighted by molar-refractivity contribution is 5.80. The minimum absolute atomic E-state index is 0.0142. The maximum Gasteiger partial charge on any atom is 0.306 e. The van der Waals surface area contributed by atoms with Crippen LogP contribution in [0, 0.1) is 10.1 Å². The zero-order valence-electron chi connectivity index (χ0n) is 15.6. The molecule has 0 unspecified atom stereocenters. The Bertz CT molecular complexity index is 671. The lowest BCUT2D eigenvalue weighted by Gasteiger charge is -2.35. The van der Waals surface area contributed by atoms with Crippen molar-refractivity contribution >= 4 is 23.3 Å². The van der Waals surface area contributed by atoms with E-state index in [0.29, 0.717) is 31.7 Å². The number of carbonyl (C=O) groups excluding carboxylic acids is 2. The topological polar surface area (TPSA) is 111 Å². The summed E-state index contributed by atoms with van der Waals surface area (Å²) >= 11 is 0. The molecule has 1 amide bonds. The average Bonchev–Trinajstić information content (AvgIpc) is 2.62. The van der Waals surface area contributed by atoms with Gasteiger partial charge in [0.2, 0.25) is 0 Å². The predicted molar refractivity (Wildman–Crippen MR) is 98.4 cm³/mol. The molecule has 0 spiro atoms. The highest BCUT2D eigenvalue weighted by Crippen LogP contribution is 2.23. The molecule has 0 radical (unpaired) electrons. The first-order valence-electron chi connectivity index (χ1n) is 8.93. The molecule has 1 aliphatic rings. The molecule has 9 heteroatoms. The fourth-order valence-corrected chi connectivity index (χ4v) is 2.93. The summed E-state index contributed by atoms with van der Waals surface area (Å²) in [6, 6.07) is 6.31. The molecule has 27 heavy (non-hydrogen) atoms. The number of benzene rings is 1. The maximum absolute atomic E-state index is 12.1. The first-order chi connectivity index (χ1) is 12.9. The summed E-state index contributed by atoms with van der Waals surface area (Å²) in [6.45, 7) is 4.86. The fourth-order valence-electron chi connectivity index (χ4n) is 2.93. The van der Waals surface area contributed by atoms with Crippen molar-refractivity contribution in [3.8, 4) is 0 Å². The van der Waals surface area contributed by atoms with Crippen LogP contribution in [0.4, 0.5) is 11.4 Å². The molecule has 1 aromatic rings. The van der Waals surface area contributed by atoms with E-state index in [4.69, 9.17) is 9.47 Å². The quantitative estimate of drug-likeness (QED) is 0.318. The molecule has 1 aromatic carbocycles. The molecule has 1 fully saturated rings. The van der Waals surface area contributed by atoms with Gasteiger partial charge in [-0.3, -0.25) is 19.7 Å². The van der Waals surface area contributed by atoms with Crippen LogP contribution >= 0.6 is 0 Å². The molecular weight excluding hydrogens is 354 g/mol. The van der Waals surface area contributed by atoms with E-state index < -0.39 is 10.9 Å². The Morgan fingerprint density at radius 1 is 1.30 bits per heavy atom.